The van der Waals surface area contributed by atoms with E-state index < -0.39 is 0 Å². The Balaban J connectivity index is 1.54. The van der Waals surface area contributed by atoms with E-state index >= 15 is 0 Å². The number of nitrogens with one attached hydrogen (secondary N) is 1. The van der Waals surface area contributed by atoms with Gasteiger partial charge in [0.15, 0.2) is 5.16 Å². The molecule has 0 unspecified atom stereocenters. The van der Waals surface area contributed by atoms with Crippen molar-refractivity contribution >= 4 is 34.4 Å². The zero-order valence-corrected chi connectivity index (χ0v) is 16.4. The summed E-state index contributed by atoms with van der Waals surface area (Å²) in [5, 5.41) is 3.84. The largest absolute Gasteiger partial charge is 0.325 e. The normalized spacial score (nSPS) is 10.9. The third kappa shape index (κ3) is 4.10. The molecule has 0 saturated carbocycles. The van der Waals surface area contributed by atoms with E-state index in [1.54, 1.807) is 0 Å². The Labute approximate surface area is 168 Å². The first kappa shape index (κ1) is 18.3. The van der Waals surface area contributed by atoms with E-state index in [2.05, 4.69) is 28.1 Å². The van der Waals surface area contributed by atoms with E-state index in [9.17, 15) is 4.79 Å². The first-order valence-electron chi connectivity index (χ1n) is 9.18. The highest BCUT2D eigenvalue weighted by atomic mass is 32.2. The van der Waals surface area contributed by atoms with E-state index in [0.29, 0.717) is 5.75 Å². The highest BCUT2D eigenvalue weighted by molar-refractivity contribution is 7.99. The van der Waals surface area contributed by atoms with Crippen molar-refractivity contribution < 1.29 is 4.79 Å². The summed E-state index contributed by atoms with van der Waals surface area (Å²) in [5.41, 5.74) is 5.13. The standard InChI is InChI=1S/C23H21N3OS/c1-17-9-5-6-12-19(17)24-22(27)16-28-23-25-20-13-7-8-14-21(20)26(23)15-18-10-3-2-4-11-18/h2-14H,15-16H2,1H3,(H,24,27). The molecule has 1 N–H and O–H groups in total. The number of amides is 1. The van der Waals surface area contributed by atoms with Crippen molar-refractivity contribution in [2.45, 2.75) is 18.6 Å². The summed E-state index contributed by atoms with van der Waals surface area (Å²) in [6.07, 6.45) is 0. The van der Waals surface area contributed by atoms with Crippen LogP contribution in [0.1, 0.15) is 11.1 Å². The quantitative estimate of drug-likeness (QED) is 0.467. The van der Waals surface area contributed by atoms with Crippen LogP contribution >= 0.6 is 11.8 Å². The molecular weight excluding hydrogens is 366 g/mol. The number of anilines is 1. The first-order chi connectivity index (χ1) is 13.7. The molecule has 1 heterocycles. The van der Waals surface area contributed by atoms with E-state index in [0.717, 1.165) is 34.0 Å². The molecule has 1 amide bonds. The van der Waals surface area contributed by atoms with Gasteiger partial charge in [-0.05, 0) is 36.2 Å². The van der Waals surface area contributed by atoms with Crippen LogP contribution in [0.15, 0.2) is 84.0 Å². The number of hydrogen-bond donors (Lipinski definition) is 1. The maximum atomic E-state index is 12.5. The second-order valence-corrected chi connectivity index (χ2v) is 7.55. The molecule has 0 radical (unpaired) electrons. The number of imidazole rings is 1. The molecule has 0 bridgehead atoms. The maximum absolute atomic E-state index is 12.5. The molecule has 3 aromatic carbocycles. The smallest absolute Gasteiger partial charge is 0.234 e. The predicted octanol–water partition coefficient (Wildman–Crippen LogP) is 5.12. The van der Waals surface area contributed by atoms with Gasteiger partial charge in [0.1, 0.15) is 0 Å². The van der Waals surface area contributed by atoms with Gasteiger partial charge in [0.2, 0.25) is 5.91 Å². The summed E-state index contributed by atoms with van der Waals surface area (Å²) in [6, 6.07) is 26.2. The number of nitrogens with zero attached hydrogens (tertiary/aromatic N) is 2. The predicted molar refractivity (Wildman–Crippen MR) is 116 cm³/mol. The lowest BCUT2D eigenvalue weighted by atomic mass is 10.2. The molecule has 0 aliphatic carbocycles. The van der Waals surface area contributed by atoms with Gasteiger partial charge in [-0.1, -0.05) is 72.4 Å². The number of aromatic nitrogens is 2. The third-order valence-electron chi connectivity index (χ3n) is 4.55. The SMILES string of the molecule is Cc1ccccc1NC(=O)CSc1nc2ccccc2n1Cc1ccccc1. The van der Waals surface area contributed by atoms with Crippen LogP contribution in [0.3, 0.4) is 0 Å². The topological polar surface area (TPSA) is 46.9 Å². The fourth-order valence-corrected chi connectivity index (χ4v) is 3.93. The van der Waals surface area contributed by atoms with Crippen LogP contribution in [0.5, 0.6) is 0 Å². The van der Waals surface area contributed by atoms with Gasteiger partial charge in [-0.25, -0.2) is 4.98 Å². The molecule has 5 heteroatoms. The lowest BCUT2D eigenvalue weighted by Crippen LogP contribution is -2.15. The number of thioether (sulfide) groups is 1. The zero-order chi connectivity index (χ0) is 19.3. The summed E-state index contributed by atoms with van der Waals surface area (Å²) in [4.78, 5) is 17.2. The average Bonchev–Trinajstić information content (AvgIpc) is 3.06. The maximum Gasteiger partial charge on any atom is 0.234 e. The van der Waals surface area contributed by atoms with Crippen molar-refractivity contribution in [1.82, 2.24) is 9.55 Å². The molecule has 0 spiro atoms. The van der Waals surface area contributed by atoms with E-state index in [1.165, 1.54) is 17.3 Å². The van der Waals surface area contributed by atoms with E-state index in [-0.39, 0.29) is 5.91 Å². The number of benzene rings is 3. The first-order valence-corrected chi connectivity index (χ1v) is 10.2. The summed E-state index contributed by atoms with van der Waals surface area (Å²) < 4.78 is 2.18. The number of aryl methyl sites for hydroxylation is 1. The van der Waals surface area contributed by atoms with Crippen molar-refractivity contribution in [3.8, 4) is 0 Å². The van der Waals surface area contributed by atoms with Gasteiger partial charge in [0.25, 0.3) is 0 Å². The Bertz CT molecular complexity index is 1110. The van der Waals surface area contributed by atoms with Gasteiger partial charge >= 0.3 is 0 Å². The van der Waals surface area contributed by atoms with Crippen LogP contribution < -0.4 is 5.32 Å². The van der Waals surface area contributed by atoms with Crippen molar-refractivity contribution in [3.63, 3.8) is 0 Å². The van der Waals surface area contributed by atoms with Gasteiger partial charge < -0.3 is 9.88 Å². The fourth-order valence-electron chi connectivity index (χ4n) is 3.11. The van der Waals surface area contributed by atoms with E-state index in [1.807, 2.05) is 67.6 Å². The number of para-hydroxylation sites is 3. The van der Waals surface area contributed by atoms with Gasteiger partial charge in [0.05, 0.1) is 23.3 Å². The van der Waals surface area contributed by atoms with Crippen molar-refractivity contribution in [1.29, 1.82) is 0 Å². The Morgan fingerprint density at radius 1 is 0.964 bits per heavy atom. The zero-order valence-electron chi connectivity index (χ0n) is 15.6. The minimum atomic E-state index is -0.0300. The number of rotatable bonds is 6. The fraction of sp³-hybridized carbons (Fsp3) is 0.130. The number of carbonyl (C=O) groups is 1. The molecule has 4 rings (SSSR count). The van der Waals surface area contributed by atoms with E-state index in [4.69, 9.17) is 4.98 Å². The highest BCUT2D eigenvalue weighted by Crippen LogP contribution is 2.25. The van der Waals surface area contributed by atoms with Crippen molar-refractivity contribution in [2.24, 2.45) is 0 Å². The van der Waals surface area contributed by atoms with Crippen LogP contribution in [0.4, 0.5) is 5.69 Å². The number of carbonyl (C=O) groups excluding carboxylic acids is 1. The average molecular weight is 388 g/mol. The molecule has 4 nitrogen and oxygen atoms in total. The summed E-state index contributed by atoms with van der Waals surface area (Å²) in [5.74, 6) is 0.282. The molecule has 0 fully saturated rings. The molecule has 0 saturated heterocycles. The number of fused-ring (bicyclic) bond motifs is 1. The van der Waals surface area contributed by atoms with Crippen LogP contribution in [-0.2, 0) is 11.3 Å². The monoisotopic (exact) mass is 387 g/mol. The van der Waals surface area contributed by atoms with Crippen molar-refractivity contribution in [2.75, 3.05) is 11.1 Å². The number of hydrogen-bond acceptors (Lipinski definition) is 3. The molecule has 0 aliphatic heterocycles. The van der Waals surface area contributed by atoms with Gasteiger partial charge in [-0.15, -0.1) is 0 Å². The lowest BCUT2D eigenvalue weighted by Gasteiger charge is -2.10. The van der Waals surface area contributed by atoms with Gasteiger partial charge in [-0.3, -0.25) is 4.79 Å². The van der Waals surface area contributed by atoms with Crippen molar-refractivity contribution in [3.05, 3.63) is 90.0 Å². The Kier molecular flexibility index (Phi) is 5.44. The second kappa shape index (κ2) is 8.31. The van der Waals surface area contributed by atoms with Crippen LogP contribution in [0.2, 0.25) is 0 Å². The lowest BCUT2D eigenvalue weighted by molar-refractivity contribution is -0.113. The molecule has 0 aliphatic rings. The second-order valence-electron chi connectivity index (χ2n) is 6.61. The minimum Gasteiger partial charge on any atom is -0.325 e. The Morgan fingerprint density at radius 3 is 2.50 bits per heavy atom. The van der Waals surface area contributed by atoms with Crippen LogP contribution in [0, 0.1) is 6.92 Å². The summed E-state index contributed by atoms with van der Waals surface area (Å²) in [6.45, 7) is 2.71. The summed E-state index contributed by atoms with van der Waals surface area (Å²) in [7, 11) is 0. The van der Waals surface area contributed by atoms with Crippen LogP contribution in [0.25, 0.3) is 11.0 Å². The third-order valence-corrected chi connectivity index (χ3v) is 5.53. The molecular formula is C23H21N3OS. The Morgan fingerprint density at radius 2 is 1.68 bits per heavy atom. The molecule has 1 aromatic heterocycles. The Hall–Kier alpha value is -3.05. The van der Waals surface area contributed by atoms with Crippen LogP contribution in [-0.4, -0.2) is 21.2 Å². The molecule has 28 heavy (non-hydrogen) atoms. The molecule has 4 aromatic rings. The van der Waals surface area contributed by atoms with Gasteiger partial charge in [0, 0.05) is 5.69 Å². The molecule has 140 valence electrons. The minimum absolute atomic E-state index is 0.0300. The highest BCUT2D eigenvalue weighted by Gasteiger charge is 2.13. The molecule has 0 atom stereocenters. The summed E-state index contributed by atoms with van der Waals surface area (Å²) >= 11 is 1.47. The van der Waals surface area contributed by atoms with Gasteiger partial charge in [-0.2, -0.15) is 0 Å².